The third-order valence-electron chi connectivity index (χ3n) is 6.18. The van der Waals surface area contributed by atoms with Gasteiger partial charge in [-0.3, -0.25) is 4.79 Å². The van der Waals surface area contributed by atoms with Crippen LogP contribution in [0.4, 0.5) is 0 Å². The Morgan fingerprint density at radius 1 is 0.969 bits per heavy atom. The summed E-state index contributed by atoms with van der Waals surface area (Å²) in [6.07, 6.45) is 1.18. The second kappa shape index (κ2) is 7.56. The smallest absolute Gasteiger partial charge is 0.257 e. The van der Waals surface area contributed by atoms with E-state index in [1.807, 2.05) is 54.6 Å². The number of H-pyrrole nitrogens is 2. The lowest BCUT2D eigenvalue weighted by Gasteiger charge is -2.47. The largest absolute Gasteiger partial charge is 0.632 e. The van der Waals surface area contributed by atoms with Gasteiger partial charge in [-0.2, -0.15) is 4.31 Å². The first-order chi connectivity index (χ1) is 15.2. The summed E-state index contributed by atoms with van der Waals surface area (Å²) in [6.45, 7) is 1.23. The molecule has 4 aromatic rings. The number of aromatic nitrogens is 2. The van der Waals surface area contributed by atoms with Crippen molar-refractivity contribution in [3.8, 4) is 11.3 Å². The molecule has 0 unspecified atom stereocenters. The molecule has 1 fully saturated rings. The molecule has 2 N–H and O–H groups in total. The molecular formula is C23H24N4O4S. The van der Waals surface area contributed by atoms with Crippen LogP contribution in [-0.4, -0.2) is 59.8 Å². The summed E-state index contributed by atoms with van der Waals surface area (Å²) < 4.78 is 24.3. The quantitative estimate of drug-likeness (QED) is 0.366. The van der Waals surface area contributed by atoms with Crippen LogP contribution in [0.15, 0.2) is 59.4 Å². The van der Waals surface area contributed by atoms with Crippen LogP contribution in [0.5, 0.6) is 0 Å². The summed E-state index contributed by atoms with van der Waals surface area (Å²) >= 11 is 0. The number of nitrogens with one attached hydrogen (secondary N) is 2. The van der Waals surface area contributed by atoms with Crippen molar-refractivity contribution in [1.82, 2.24) is 14.3 Å². The summed E-state index contributed by atoms with van der Waals surface area (Å²) in [5.74, 6) is 0. The summed E-state index contributed by atoms with van der Waals surface area (Å²) in [5.41, 5.74) is 3.68. The molecule has 1 aliphatic heterocycles. The predicted molar refractivity (Wildman–Crippen MR) is 125 cm³/mol. The fraction of sp³-hybridized carbons (Fsp3) is 0.261. The third kappa shape index (κ3) is 3.95. The molecule has 1 aliphatic rings. The zero-order valence-corrected chi connectivity index (χ0v) is 18.5. The van der Waals surface area contributed by atoms with Gasteiger partial charge in [0.2, 0.25) is 10.0 Å². The molecule has 5 rings (SSSR count). The molecule has 166 valence electrons. The number of benzene rings is 2. The van der Waals surface area contributed by atoms with Gasteiger partial charge in [0.15, 0.2) is 0 Å². The van der Waals surface area contributed by atoms with Crippen molar-refractivity contribution in [3.63, 3.8) is 0 Å². The number of rotatable bonds is 4. The average molecular weight is 453 g/mol. The summed E-state index contributed by atoms with van der Waals surface area (Å²) in [4.78, 5) is 18.8. The topological polar surface area (TPSA) is 109 Å². The van der Waals surface area contributed by atoms with Crippen molar-refractivity contribution in [2.45, 2.75) is 6.54 Å². The normalized spacial score (nSPS) is 17.2. The van der Waals surface area contributed by atoms with Crippen LogP contribution >= 0.6 is 0 Å². The van der Waals surface area contributed by atoms with Gasteiger partial charge in [-0.05, 0) is 35.7 Å². The molecule has 0 aliphatic carbocycles. The van der Waals surface area contributed by atoms with Gasteiger partial charge in [-0.25, -0.2) is 8.42 Å². The van der Waals surface area contributed by atoms with Gasteiger partial charge in [0.25, 0.3) is 5.56 Å². The van der Waals surface area contributed by atoms with E-state index in [0.717, 1.165) is 33.1 Å². The van der Waals surface area contributed by atoms with E-state index in [9.17, 15) is 18.4 Å². The van der Waals surface area contributed by atoms with Crippen LogP contribution in [-0.2, 0) is 16.6 Å². The van der Waals surface area contributed by atoms with Crippen LogP contribution in [0.3, 0.4) is 0 Å². The minimum atomic E-state index is -3.27. The number of hydrogen-bond acceptors (Lipinski definition) is 4. The number of nitrogens with zero attached hydrogens (tertiary/aromatic N) is 2. The lowest BCUT2D eigenvalue weighted by atomic mass is 10.1. The fourth-order valence-corrected chi connectivity index (χ4v) is 5.23. The Labute approximate surface area is 185 Å². The van der Waals surface area contributed by atoms with Crippen molar-refractivity contribution in [3.05, 3.63) is 75.7 Å². The molecule has 2 aromatic heterocycles. The van der Waals surface area contributed by atoms with E-state index in [4.69, 9.17) is 0 Å². The van der Waals surface area contributed by atoms with Crippen LogP contribution in [0.25, 0.3) is 33.1 Å². The first-order valence-corrected chi connectivity index (χ1v) is 12.3. The molecule has 9 heteroatoms. The zero-order chi connectivity index (χ0) is 22.5. The van der Waals surface area contributed by atoms with Gasteiger partial charge >= 0.3 is 0 Å². The molecule has 3 heterocycles. The van der Waals surface area contributed by atoms with E-state index in [1.165, 1.54) is 10.6 Å². The van der Waals surface area contributed by atoms with Crippen molar-refractivity contribution in [2.75, 3.05) is 32.4 Å². The van der Waals surface area contributed by atoms with Gasteiger partial charge in [0, 0.05) is 22.0 Å². The molecule has 0 spiro atoms. The highest BCUT2D eigenvalue weighted by Gasteiger charge is 2.30. The van der Waals surface area contributed by atoms with Gasteiger partial charge in [0.05, 0.1) is 43.7 Å². The number of aromatic amines is 2. The summed E-state index contributed by atoms with van der Waals surface area (Å²) in [6, 6.07) is 17.2. The molecule has 32 heavy (non-hydrogen) atoms. The standard InChI is InChI=1S/C23H24N4O4S/c1-32(30,31)26-8-10-27(29,11-9-26)15-16-6-7-21-18(12-16)14-22(24-21)19-13-17-4-2-3-5-20(17)25-23(19)28/h2-7,12-14,24H,8-11,15H2,1H3,(H,25,28). The zero-order valence-electron chi connectivity index (χ0n) is 17.7. The fourth-order valence-electron chi connectivity index (χ4n) is 4.41. The van der Waals surface area contributed by atoms with Crippen molar-refractivity contribution in [2.24, 2.45) is 0 Å². The predicted octanol–water partition coefficient (Wildman–Crippen LogP) is 2.77. The number of quaternary nitrogens is 1. The number of hydrogen-bond donors (Lipinski definition) is 2. The Hall–Kier alpha value is -2.98. The Morgan fingerprint density at radius 3 is 2.44 bits per heavy atom. The highest BCUT2D eigenvalue weighted by molar-refractivity contribution is 7.88. The minimum absolute atomic E-state index is 0.164. The summed E-state index contributed by atoms with van der Waals surface area (Å²) in [7, 11) is -3.27. The van der Waals surface area contributed by atoms with Gasteiger partial charge in [-0.15, -0.1) is 0 Å². The molecule has 8 nitrogen and oxygen atoms in total. The molecule has 1 saturated heterocycles. The highest BCUT2D eigenvalue weighted by atomic mass is 32.2. The monoisotopic (exact) mass is 452 g/mol. The van der Waals surface area contributed by atoms with E-state index in [2.05, 4.69) is 9.97 Å². The maximum atomic E-state index is 13.2. The number of sulfonamides is 1. The minimum Gasteiger partial charge on any atom is -0.632 e. The lowest BCUT2D eigenvalue weighted by Crippen LogP contribution is -2.56. The van der Waals surface area contributed by atoms with Crippen LogP contribution < -0.4 is 5.56 Å². The molecule has 0 bridgehead atoms. The van der Waals surface area contributed by atoms with E-state index in [0.29, 0.717) is 5.56 Å². The first-order valence-electron chi connectivity index (χ1n) is 10.5. The summed E-state index contributed by atoms with van der Waals surface area (Å²) in [5, 5.41) is 15.0. The number of pyridine rings is 1. The molecule has 0 radical (unpaired) electrons. The first kappa shape index (κ1) is 20.9. The van der Waals surface area contributed by atoms with Crippen LogP contribution in [0, 0.1) is 5.21 Å². The van der Waals surface area contributed by atoms with E-state index < -0.39 is 14.7 Å². The number of hydroxylamine groups is 3. The molecule has 0 amide bonds. The van der Waals surface area contributed by atoms with Gasteiger partial charge < -0.3 is 19.8 Å². The van der Waals surface area contributed by atoms with Crippen molar-refractivity contribution in [1.29, 1.82) is 0 Å². The average Bonchev–Trinajstić information content (AvgIpc) is 3.15. The SMILES string of the molecule is CS(=O)(=O)N1CC[N+]([O-])(Cc2ccc3[nH]c(-c4cc5ccccc5[nH]c4=O)cc3c2)CC1. The van der Waals surface area contributed by atoms with Gasteiger partial charge in [0.1, 0.15) is 6.54 Å². The molecular weight excluding hydrogens is 428 g/mol. The van der Waals surface area contributed by atoms with E-state index in [1.54, 1.807) is 0 Å². The lowest BCUT2D eigenvalue weighted by molar-refractivity contribution is -0.897. The Kier molecular flexibility index (Phi) is 4.94. The molecule has 0 saturated carbocycles. The van der Waals surface area contributed by atoms with E-state index in [-0.39, 0.29) is 38.3 Å². The Balaban J connectivity index is 1.42. The maximum Gasteiger partial charge on any atom is 0.257 e. The van der Waals surface area contributed by atoms with Crippen molar-refractivity contribution < 1.29 is 13.1 Å². The highest BCUT2D eigenvalue weighted by Crippen LogP contribution is 2.26. The number of para-hydroxylation sites is 1. The molecule has 2 aromatic carbocycles. The number of piperazine rings is 1. The van der Waals surface area contributed by atoms with Gasteiger partial charge in [-0.1, -0.05) is 24.3 Å². The number of fused-ring (bicyclic) bond motifs is 2. The Morgan fingerprint density at radius 2 is 1.69 bits per heavy atom. The van der Waals surface area contributed by atoms with E-state index >= 15 is 0 Å². The maximum absolute atomic E-state index is 13.2. The van der Waals surface area contributed by atoms with Crippen LogP contribution in [0.2, 0.25) is 0 Å². The van der Waals surface area contributed by atoms with Crippen molar-refractivity contribution >= 4 is 31.8 Å². The Bertz CT molecular complexity index is 1480. The second-order valence-electron chi connectivity index (χ2n) is 8.53. The third-order valence-corrected chi connectivity index (χ3v) is 7.49. The molecule has 0 atom stereocenters. The second-order valence-corrected chi connectivity index (χ2v) is 10.5. The van der Waals surface area contributed by atoms with Crippen LogP contribution in [0.1, 0.15) is 5.56 Å².